The second-order valence-corrected chi connectivity index (χ2v) is 8.26. The van der Waals surface area contributed by atoms with Crippen LogP contribution in [0, 0.1) is 0 Å². The van der Waals surface area contributed by atoms with Gasteiger partial charge in [0.15, 0.2) is 0 Å². The van der Waals surface area contributed by atoms with Crippen LogP contribution >= 0.6 is 0 Å². The van der Waals surface area contributed by atoms with E-state index in [9.17, 15) is 14.4 Å². The predicted octanol–water partition coefficient (Wildman–Crippen LogP) is 3.69. The average molecular weight is 445 g/mol. The van der Waals surface area contributed by atoms with Gasteiger partial charge >= 0.3 is 0 Å². The lowest BCUT2D eigenvalue weighted by Crippen LogP contribution is -2.31. The normalized spacial score (nSPS) is 13.5. The third-order valence-electron chi connectivity index (χ3n) is 5.90. The van der Waals surface area contributed by atoms with E-state index in [1.165, 1.54) is 6.42 Å². The Morgan fingerprint density at radius 1 is 0.848 bits per heavy atom. The van der Waals surface area contributed by atoms with Crippen molar-refractivity contribution in [2.45, 2.75) is 25.7 Å². The molecule has 0 radical (unpaired) electrons. The maximum atomic E-state index is 12.6. The Balaban J connectivity index is 1.38. The quantitative estimate of drug-likeness (QED) is 0.517. The van der Waals surface area contributed by atoms with E-state index in [0.29, 0.717) is 16.8 Å². The fraction of sp³-hybridized carbons (Fsp3) is 0.269. The molecule has 1 aliphatic rings. The van der Waals surface area contributed by atoms with Crippen molar-refractivity contribution in [3.63, 3.8) is 0 Å². The molecule has 0 spiro atoms. The Morgan fingerprint density at radius 2 is 1.58 bits per heavy atom. The molecule has 1 saturated heterocycles. The number of rotatable bonds is 7. The highest BCUT2D eigenvalue weighted by Gasteiger charge is 2.17. The summed E-state index contributed by atoms with van der Waals surface area (Å²) in [5.41, 5.74) is 7.78. The van der Waals surface area contributed by atoms with Crippen molar-refractivity contribution in [2.75, 3.05) is 29.9 Å². The number of nitrogens with two attached hydrogens (primary N) is 1. The largest absolute Gasteiger partial charge is 0.370 e. The molecule has 0 aromatic heterocycles. The van der Waals surface area contributed by atoms with Crippen molar-refractivity contribution in [1.29, 1.82) is 0 Å². The summed E-state index contributed by atoms with van der Waals surface area (Å²) in [5.74, 6) is -1.01. The fourth-order valence-electron chi connectivity index (χ4n) is 4.13. The summed E-state index contributed by atoms with van der Waals surface area (Å²) < 4.78 is 0. The predicted molar refractivity (Wildman–Crippen MR) is 131 cm³/mol. The molecule has 7 heteroatoms. The van der Waals surface area contributed by atoms with Gasteiger partial charge in [-0.15, -0.1) is 0 Å². The molecule has 0 bridgehead atoms. The van der Waals surface area contributed by atoms with Gasteiger partial charge in [-0.3, -0.25) is 14.4 Å². The summed E-state index contributed by atoms with van der Waals surface area (Å²) >= 11 is 0. The Labute approximate surface area is 192 Å². The highest BCUT2D eigenvalue weighted by molar-refractivity contribution is 6.00. The van der Waals surface area contributed by atoms with Crippen LogP contribution in [-0.4, -0.2) is 37.4 Å². The Hall–Kier alpha value is -3.87. The van der Waals surface area contributed by atoms with Gasteiger partial charge in [-0.25, -0.2) is 0 Å². The molecule has 1 aliphatic heterocycles. The van der Waals surface area contributed by atoms with Crippen molar-refractivity contribution in [3.8, 4) is 0 Å². The SMILES string of the molecule is NC(=O)c1ccc(N2CCCCC2)c(NC(=O)CCNC(=O)c2ccc3ccccc3c2)c1. The molecule has 4 rings (SSSR count). The van der Waals surface area contributed by atoms with Crippen LogP contribution in [0.1, 0.15) is 46.4 Å². The third-order valence-corrected chi connectivity index (χ3v) is 5.90. The maximum Gasteiger partial charge on any atom is 0.251 e. The van der Waals surface area contributed by atoms with Crippen LogP contribution in [0.2, 0.25) is 0 Å². The molecular weight excluding hydrogens is 416 g/mol. The molecule has 33 heavy (non-hydrogen) atoms. The van der Waals surface area contributed by atoms with E-state index >= 15 is 0 Å². The van der Waals surface area contributed by atoms with Crippen LogP contribution in [0.5, 0.6) is 0 Å². The minimum absolute atomic E-state index is 0.111. The van der Waals surface area contributed by atoms with E-state index in [1.807, 2.05) is 42.5 Å². The van der Waals surface area contributed by atoms with Gasteiger partial charge in [-0.05, 0) is 60.4 Å². The number of amides is 3. The zero-order valence-electron chi connectivity index (χ0n) is 18.5. The van der Waals surface area contributed by atoms with Gasteiger partial charge in [0.25, 0.3) is 5.91 Å². The van der Waals surface area contributed by atoms with E-state index in [1.54, 1.807) is 18.2 Å². The monoisotopic (exact) mass is 444 g/mol. The summed E-state index contributed by atoms with van der Waals surface area (Å²) in [6.45, 7) is 2.01. The minimum atomic E-state index is -0.543. The van der Waals surface area contributed by atoms with Crippen molar-refractivity contribution in [1.82, 2.24) is 5.32 Å². The molecule has 0 aliphatic carbocycles. The molecule has 1 fully saturated rings. The summed E-state index contributed by atoms with van der Waals surface area (Å²) in [5, 5.41) is 7.76. The second-order valence-electron chi connectivity index (χ2n) is 8.26. The number of carbonyl (C=O) groups excluding carboxylic acids is 3. The lowest BCUT2D eigenvalue weighted by atomic mass is 10.1. The topological polar surface area (TPSA) is 105 Å². The smallest absolute Gasteiger partial charge is 0.251 e. The molecule has 1 heterocycles. The third kappa shape index (κ3) is 5.49. The van der Waals surface area contributed by atoms with Gasteiger partial charge in [0.2, 0.25) is 11.8 Å². The van der Waals surface area contributed by atoms with Gasteiger partial charge in [0.05, 0.1) is 11.4 Å². The van der Waals surface area contributed by atoms with E-state index in [4.69, 9.17) is 5.73 Å². The molecular formula is C26H28N4O3. The Bertz CT molecular complexity index is 1190. The highest BCUT2D eigenvalue weighted by atomic mass is 16.2. The van der Waals surface area contributed by atoms with Gasteiger partial charge in [0.1, 0.15) is 0 Å². The van der Waals surface area contributed by atoms with Gasteiger partial charge in [-0.1, -0.05) is 30.3 Å². The van der Waals surface area contributed by atoms with Crippen LogP contribution in [0.3, 0.4) is 0 Å². The zero-order chi connectivity index (χ0) is 23.2. The molecule has 3 aromatic rings. The van der Waals surface area contributed by atoms with Crippen LogP contribution in [0.15, 0.2) is 60.7 Å². The second kappa shape index (κ2) is 10.2. The molecule has 0 atom stereocenters. The number of primary amides is 1. The Morgan fingerprint density at radius 3 is 2.33 bits per heavy atom. The number of benzene rings is 3. The lowest BCUT2D eigenvalue weighted by Gasteiger charge is -2.30. The van der Waals surface area contributed by atoms with Crippen LogP contribution in [0.4, 0.5) is 11.4 Å². The lowest BCUT2D eigenvalue weighted by molar-refractivity contribution is -0.116. The minimum Gasteiger partial charge on any atom is -0.370 e. The van der Waals surface area contributed by atoms with Crippen molar-refractivity contribution in [2.24, 2.45) is 5.73 Å². The fourth-order valence-corrected chi connectivity index (χ4v) is 4.13. The molecule has 0 unspecified atom stereocenters. The first-order valence-corrected chi connectivity index (χ1v) is 11.3. The van der Waals surface area contributed by atoms with E-state index < -0.39 is 5.91 Å². The van der Waals surface area contributed by atoms with Crippen molar-refractivity contribution < 1.29 is 14.4 Å². The van der Waals surface area contributed by atoms with E-state index in [2.05, 4.69) is 15.5 Å². The van der Waals surface area contributed by atoms with Gasteiger partial charge in [0, 0.05) is 37.2 Å². The van der Waals surface area contributed by atoms with Crippen molar-refractivity contribution in [3.05, 3.63) is 71.8 Å². The number of nitrogens with zero attached hydrogens (tertiary/aromatic N) is 1. The first-order valence-electron chi connectivity index (χ1n) is 11.3. The molecule has 3 aromatic carbocycles. The molecule has 3 amide bonds. The van der Waals surface area contributed by atoms with Crippen molar-refractivity contribution >= 4 is 39.9 Å². The number of fused-ring (bicyclic) bond motifs is 1. The average Bonchev–Trinajstić information content (AvgIpc) is 2.84. The Kier molecular flexibility index (Phi) is 6.88. The van der Waals surface area contributed by atoms with Gasteiger partial charge < -0.3 is 21.3 Å². The number of anilines is 2. The number of nitrogens with one attached hydrogen (secondary N) is 2. The standard InChI is InChI=1S/C26H28N4O3/c27-25(32)20-10-11-23(30-14-4-1-5-15-30)22(17-20)29-24(31)12-13-28-26(33)21-9-8-18-6-2-3-7-19(18)16-21/h2-3,6-11,16-17H,1,4-5,12-15H2,(H2,27,32)(H,28,33)(H,29,31). The van der Waals surface area contributed by atoms with Crippen LogP contribution in [0.25, 0.3) is 10.8 Å². The first kappa shape index (κ1) is 22.3. The number of hydrogen-bond acceptors (Lipinski definition) is 4. The summed E-state index contributed by atoms with van der Waals surface area (Å²) in [6, 6.07) is 18.5. The zero-order valence-corrected chi connectivity index (χ0v) is 18.5. The summed E-state index contributed by atoms with van der Waals surface area (Å²) in [6.07, 6.45) is 3.48. The van der Waals surface area contributed by atoms with Gasteiger partial charge in [-0.2, -0.15) is 0 Å². The number of piperidine rings is 1. The molecule has 170 valence electrons. The van der Waals surface area contributed by atoms with E-state index in [-0.39, 0.29) is 24.8 Å². The molecule has 7 nitrogen and oxygen atoms in total. The van der Waals surface area contributed by atoms with E-state index in [0.717, 1.165) is 42.4 Å². The molecule has 4 N–H and O–H groups in total. The number of carbonyl (C=O) groups is 3. The maximum absolute atomic E-state index is 12.6. The molecule has 0 saturated carbocycles. The summed E-state index contributed by atoms with van der Waals surface area (Å²) in [7, 11) is 0. The highest BCUT2D eigenvalue weighted by Crippen LogP contribution is 2.30. The number of hydrogen-bond donors (Lipinski definition) is 3. The van der Waals surface area contributed by atoms with Crippen LogP contribution < -0.4 is 21.3 Å². The first-order chi connectivity index (χ1) is 16.0. The van der Waals surface area contributed by atoms with Crippen LogP contribution in [-0.2, 0) is 4.79 Å². The summed E-state index contributed by atoms with van der Waals surface area (Å²) in [4.78, 5) is 39.0.